The molecule has 2 N–H and O–H groups in total. The first-order valence-electron chi connectivity index (χ1n) is 5.20. The third-order valence-electron chi connectivity index (χ3n) is 2.19. The van der Waals surface area contributed by atoms with Crippen molar-refractivity contribution in [1.82, 2.24) is 4.98 Å². The first-order valence-corrected chi connectivity index (χ1v) is 6.08. The monoisotopic (exact) mass is 248 g/mol. The van der Waals surface area contributed by atoms with Gasteiger partial charge in [-0.05, 0) is 30.5 Å². The number of rotatable bonds is 3. The van der Waals surface area contributed by atoms with E-state index in [1.807, 2.05) is 17.5 Å². The topological polar surface area (TPSA) is 65.2 Å². The largest absolute Gasteiger partial charge is 0.462 e. The van der Waals surface area contributed by atoms with Crippen molar-refractivity contribution >= 4 is 23.1 Å². The summed E-state index contributed by atoms with van der Waals surface area (Å²) in [5.41, 5.74) is 6.83. The van der Waals surface area contributed by atoms with E-state index in [9.17, 15) is 4.79 Å². The Morgan fingerprint density at radius 3 is 2.88 bits per heavy atom. The molecule has 2 aromatic rings. The van der Waals surface area contributed by atoms with Gasteiger partial charge in [0.1, 0.15) is 11.4 Å². The van der Waals surface area contributed by atoms with Crippen molar-refractivity contribution in [2.75, 3.05) is 12.3 Å². The molecule has 88 valence electrons. The van der Waals surface area contributed by atoms with Crippen LogP contribution in [-0.2, 0) is 4.74 Å². The van der Waals surface area contributed by atoms with E-state index in [1.165, 1.54) is 0 Å². The molecular formula is C12H12N2O2S. The van der Waals surface area contributed by atoms with Crippen molar-refractivity contribution in [1.29, 1.82) is 0 Å². The first-order chi connectivity index (χ1) is 8.22. The van der Waals surface area contributed by atoms with E-state index in [0.29, 0.717) is 12.2 Å². The van der Waals surface area contributed by atoms with Gasteiger partial charge in [0, 0.05) is 0 Å². The normalized spacial score (nSPS) is 10.2. The predicted octanol–water partition coefficient (Wildman–Crippen LogP) is 2.57. The zero-order valence-electron chi connectivity index (χ0n) is 9.34. The molecule has 0 amide bonds. The quantitative estimate of drug-likeness (QED) is 0.848. The lowest BCUT2D eigenvalue weighted by atomic mass is 10.2. The van der Waals surface area contributed by atoms with Crippen molar-refractivity contribution < 1.29 is 9.53 Å². The third-order valence-corrected chi connectivity index (χ3v) is 3.09. The van der Waals surface area contributed by atoms with Crippen molar-refractivity contribution in [3.05, 3.63) is 35.2 Å². The molecule has 0 aromatic carbocycles. The first kappa shape index (κ1) is 11.6. The fourth-order valence-corrected chi connectivity index (χ4v) is 2.11. The molecule has 5 heteroatoms. The lowest BCUT2D eigenvalue weighted by molar-refractivity contribution is 0.0527. The number of thiophene rings is 1. The van der Waals surface area contributed by atoms with Crippen LogP contribution >= 0.6 is 11.3 Å². The highest BCUT2D eigenvalue weighted by atomic mass is 32.1. The number of ether oxygens (including phenoxy) is 1. The van der Waals surface area contributed by atoms with Gasteiger partial charge in [-0.15, -0.1) is 11.3 Å². The molecular weight excluding hydrogens is 236 g/mol. The van der Waals surface area contributed by atoms with Crippen LogP contribution in [0, 0.1) is 0 Å². The molecule has 2 heterocycles. The number of esters is 1. The molecule has 2 aromatic heterocycles. The van der Waals surface area contributed by atoms with E-state index in [0.717, 1.165) is 10.6 Å². The summed E-state index contributed by atoms with van der Waals surface area (Å²) in [6.45, 7) is 2.08. The smallest absolute Gasteiger partial charge is 0.341 e. The number of carbonyl (C=O) groups is 1. The van der Waals surface area contributed by atoms with Crippen molar-refractivity contribution in [2.24, 2.45) is 0 Å². The maximum atomic E-state index is 11.5. The summed E-state index contributed by atoms with van der Waals surface area (Å²) in [6.07, 6.45) is 0. The van der Waals surface area contributed by atoms with Gasteiger partial charge in [-0.2, -0.15) is 0 Å². The molecule has 0 fully saturated rings. The van der Waals surface area contributed by atoms with E-state index in [-0.39, 0.29) is 5.82 Å². The second-order valence-electron chi connectivity index (χ2n) is 3.33. The van der Waals surface area contributed by atoms with Crippen LogP contribution in [-0.4, -0.2) is 17.6 Å². The van der Waals surface area contributed by atoms with Crippen LogP contribution in [0.4, 0.5) is 5.82 Å². The second kappa shape index (κ2) is 4.97. The maximum absolute atomic E-state index is 11.5. The Morgan fingerprint density at radius 2 is 2.29 bits per heavy atom. The highest BCUT2D eigenvalue weighted by Gasteiger charge is 2.13. The standard InChI is InChI=1S/C12H12N2O2S/c1-2-16-12(15)8-5-6-9(14-11(8)13)10-4-3-7-17-10/h3-7H,2H2,1H3,(H2,13,14). The van der Waals surface area contributed by atoms with Crippen LogP contribution < -0.4 is 5.73 Å². The molecule has 0 aliphatic heterocycles. The molecule has 4 nitrogen and oxygen atoms in total. The van der Waals surface area contributed by atoms with Gasteiger partial charge >= 0.3 is 5.97 Å². The number of hydrogen-bond donors (Lipinski definition) is 1. The third kappa shape index (κ3) is 2.45. The molecule has 0 saturated carbocycles. The van der Waals surface area contributed by atoms with Crippen molar-refractivity contribution in [3.8, 4) is 10.6 Å². The summed E-state index contributed by atoms with van der Waals surface area (Å²) in [6, 6.07) is 7.32. The molecule has 0 aliphatic carbocycles. The number of aromatic nitrogens is 1. The fraction of sp³-hybridized carbons (Fsp3) is 0.167. The predicted molar refractivity (Wildman–Crippen MR) is 67.9 cm³/mol. The SMILES string of the molecule is CCOC(=O)c1ccc(-c2cccs2)nc1N. The van der Waals surface area contributed by atoms with Gasteiger partial charge in [0.05, 0.1) is 17.2 Å². The number of carbonyl (C=O) groups excluding carboxylic acids is 1. The summed E-state index contributed by atoms with van der Waals surface area (Å²) in [5, 5.41) is 1.96. The fourth-order valence-electron chi connectivity index (χ4n) is 1.42. The van der Waals surface area contributed by atoms with Gasteiger partial charge in [0.15, 0.2) is 0 Å². The molecule has 0 unspecified atom stereocenters. The van der Waals surface area contributed by atoms with Gasteiger partial charge in [-0.25, -0.2) is 9.78 Å². The van der Waals surface area contributed by atoms with E-state index in [1.54, 1.807) is 30.4 Å². The number of nitrogens with zero attached hydrogens (tertiary/aromatic N) is 1. The highest BCUT2D eigenvalue weighted by Crippen LogP contribution is 2.24. The van der Waals surface area contributed by atoms with Crippen LogP contribution in [0.25, 0.3) is 10.6 Å². The van der Waals surface area contributed by atoms with Gasteiger partial charge in [-0.3, -0.25) is 0 Å². The van der Waals surface area contributed by atoms with Gasteiger partial charge in [0.25, 0.3) is 0 Å². The molecule has 0 atom stereocenters. The van der Waals surface area contributed by atoms with Crippen LogP contribution in [0.3, 0.4) is 0 Å². The number of nitrogens with two attached hydrogens (primary N) is 1. The summed E-state index contributed by atoms with van der Waals surface area (Å²) < 4.78 is 4.88. The average molecular weight is 248 g/mol. The zero-order valence-corrected chi connectivity index (χ0v) is 10.2. The molecule has 0 spiro atoms. The minimum atomic E-state index is -0.435. The Kier molecular flexibility index (Phi) is 3.39. The molecule has 2 rings (SSSR count). The summed E-state index contributed by atoms with van der Waals surface area (Å²) in [4.78, 5) is 16.8. The minimum Gasteiger partial charge on any atom is -0.462 e. The van der Waals surface area contributed by atoms with Gasteiger partial charge < -0.3 is 10.5 Å². The summed E-state index contributed by atoms with van der Waals surface area (Å²) in [7, 11) is 0. The summed E-state index contributed by atoms with van der Waals surface area (Å²) >= 11 is 1.58. The Labute approximate surface area is 103 Å². The Hall–Kier alpha value is -1.88. The molecule has 0 saturated heterocycles. The van der Waals surface area contributed by atoms with Crippen LogP contribution in [0.5, 0.6) is 0 Å². The van der Waals surface area contributed by atoms with Gasteiger partial charge in [0.2, 0.25) is 0 Å². The average Bonchev–Trinajstić information content (AvgIpc) is 2.82. The van der Waals surface area contributed by atoms with E-state index in [4.69, 9.17) is 10.5 Å². The molecule has 0 bridgehead atoms. The molecule has 0 aliphatic rings. The maximum Gasteiger partial charge on any atom is 0.341 e. The van der Waals surface area contributed by atoms with E-state index >= 15 is 0 Å². The summed E-state index contributed by atoms with van der Waals surface area (Å²) in [5.74, 6) is -0.232. The van der Waals surface area contributed by atoms with E-state index in [2.05, 4.69) is 4.98 Å². The Balaban J connectivity index is 2.32. The molecule has 17 heavy (non-hydrogen) atoms. The number of pyridine rings is 1. The lowest BCUT2D eigenvalue weighted by Crippen LogP contribution is -2.09. The second-order valence-corrected chi connectivity index (χ2v) is 4.27. The molecule has 0 radical (unpaired) electrons. The van der Waals surface area contributed by atoms with Crippen LogP contribution in [0.1, 0.15) is 17.3 Å². The van der Waals surface area contributed by atoms with Crippen molar-refractivity contribution in [3.63, 3.8) is 0 Å². The zero-order chi connectivity index (χ0) is 12.3. The Bertz CT molecular complexity index is 523. The lowest BCUT2D eigenvalue weighted by Gasteiger charge is -2.05. The van der Waals surface area contributed by atoms with E-state index < -0.39 is 5.97 Å². The van der Waals surface area contributed by atoms with Crippen LogP contribution in [0.2, 0.25) is 0 Å². The highest BCUT2D eigenvalue weighted by molar-refractivity contribution is 7.13. The van der Waals surface area contributed by atoms with Crippen LogP contribution in [0.15, 0.2) is 29.6 Å². The van der Waals surface area contributed by atoms with Gasteiger partial charge in [-0.1, -0.05) is 6.07 Å². The number of anilines is 1. The number of hydrogen-bond acceptors (Lipinski definition) is 5. The van der Waals surface area contributed by atoms with Crippen molar-refractivity contribution in [2.45, 2.75) is 6.92 Å². The number of nitrogen functional groups attached to an aromatic ring is 1. The Morgan fingerprint density at radius 1 is 1.47 bits per heavy atom. The minimum absolute atomic E-state index is 0.203.